The number of esters is 1. The van der Waals surface area contributed by atoms with E-state index in [2.05, 4.69) is 0 Å². The van der Waals surface area contributed by atoms with Crippen molar-refractivity contribution in [3.8, 4) is 6.07 Å². The molecular weight excluding hydrogens is 320 g/mol. The second-order valence-electron chi connectivity index (χ2n) is 5.83. The minimum atomic E-state index is -1.79. The number of nitrogens with two attached hydrogens (primary N) is 1. The van der Waals surface area contributed by atoms with E-state index in [1.54, 1.807) is 0 Å². The third-order valence-corrected chi connectivity index (χ3v) is 4.13. The number of hydrogen-bond donors (Lipinski definition) is 4. The lowest BCUT2D eigenvalue weighted by Crippen LogP contribution is -2.49. The Hall–Kier alpha value is -2.48. The Labute approximate surface area is 136 Å². The van der Waals surface area contributed by atoms with Crippen LogP contribution in [-0.4, -0.2) is 50.6 Å². The van der Waals surface area contributed by atoms with Crippen molar-refractivity contribution in [3.05, 3.63) is 33.1 Å². The Bertz CT molecular complexity index is 778. The Morgan fingerprint density at radius 2 is 2.29 bits per heavy atom. The van der Waals surface area contributed by atoms with Crippen LogP contribution in [0.4, 0.5) is 0 Å². The van der Waals surface area contributed by atoms with Crippen LogP contribution in [0.15, 0.2) is 21.9 Å². The molecule has 130 valence electrons. The van der Waals surface area contributed by atoms with Gasteiger partial charge in [0, 0.05) is 18.2 Å². The summed E-state index contributed by atoms with van der Waals surface area (Å²) in [7, 11) is 0. The van der Waals surface area contributed by atoms with Gasteiger partial charge < -0.3 is 20.7 Å². The summed E-state index contributed by atoms with van der Waals surface area (Å²) in [5, 5.41) is 30.0. The predicted octanol–water partition coefficient (Wildman–Crippen LogP) is -2.61. The minimum absolute atomic E-state index is 0.149. The van der Waals surface area contributed by atoms with Crippen LogP contribution < -0.4 is 17.0 Å². The van der Waals surface area contributed by atoms with Gasteiger partial charge in [0.05, 0.1) is 18.8 Å². The summed E-state index contributed by atoms with van der Waals surface area (Å²) in [5.74, 6) is -1.46. The molecule has 24 heavy (non-hydrogen) atoms. The van der Waals surface area contributed by atoms with Crippen molar-refractivity contribution in [2.75, 3.05) is 6.61 Å². The van der Waals surface area contributed by atoms with E-state index in [9.17, 15) is 29.9 Å². The van der Waals surface area contributed by atoms with Gasteiger partial charge in [0.25, 0.3) is 5.56 Å². The molecule has 2 rings (SSSR count). The van der Waals surface area contributed by atoms with Gasteiger partial charge in [-0.15, -0.1) is 0 Å². The third-order valence-electron chi connectivity index (χ3n) is 4.13. The molecule has 5 atom stereocenters. The predicted molar refractivity (Wildman–Crippen MR) is 79.6 cm³/mol. The van der Waals surface area contributed by atoms with Gasteiger partial charge in [-0.05, 0) is 13.3 Å². The Morgan fingerprint density at radius 3 is 2.83 bits per heavy atom. The smallest absolute Gasteiger partial charge is 0.329 e. The average molecular weight is 338 g/mol. The van der Waals surface area contributed by atoms with Gasteiger partial charge in [0.15, 0.2) is 5.54 Å². The van der Waals surface area contributed by atoms with Crippen molar-refractivity contribution >= 4 is 5.97 Å². The quantitative estimate of drug-likeness (QED) is 0.432. The molecule has 10 heteroatoms. The van der Waals surface area contributed by atoms with Crippen LogP contribution in [-0.2, 0) is 15.1 Å². The fourth-order valence-electron chi connectivity index (χ4n) is 2.80. The van der Waals surface area contributed by atoms with Gasteiger partial charge in [0.2, 0.25) is 0 Å². The van der Waals surface area contributed by atoms with Crippen molar-refractivity contribution in [3.63, 3.8) is 0 Å². The number of aliphatic hydroxyl groups excluding tert-OH is 2. The van der Waals surface area contributed by atoms with Crippen molar-refractivity contribution in [2.45, 2.75) is 37.1 Å². The number of hydrogen-bond acceptors (Lipinski definition) is 8. The molecule has 2 unspecified atom stereocenters. The van der Waals surface area contributed by atoms with Crippen LogP contribution in [0, 0.1) is 17.2 Å². The van der Waals surface area contributed by atoms with Crippen LogP contribution in [0.5, 0.6) is 0 Å². The van der Waals surface area contributed by atoms with Crippen molar-refractivity contribution in [1.82, 2.24) is 9.55 Å². The van der Waals surface area contributed by atoms with Gasteiger partial charge in [0.1, 0.15) is 12.1 Å². The van der Waals surface area contributed by atoms with Crippen molar-refractivity contribution in [2.24, 2.45) is 11.7 Å². The molecule has 1 heterocycles. The number of carbonyl (C=O) groups excluding carboxylic acids is 1. The summed E-state index contributed by atoms with van der Waals surface area (Å²) in [6.07, 6.45) is -2.07. The number of H-pyrrole nitrogens is 1. The van der Waals surface area contributed by atoms with Gasteiger partial charge in [-0.25, -0.2) is 4.79 Å². The van der Waals surface area contributed by atoms with Crippen LogP contribution >= 0.6 is 0 Å². The summed E-state index contributed by atoms with van der Waals surface area (Å²) >= 11 is 0. The molecule has 1 aliphatic rings. The van der Waals surface area contributed by atoms with Crippen molar-refractivity contribution in [1.29, 1.82) is 5.26 Å². The molecule has 0 amide bonds. The van der Waals surface area contributed by atoms with E-state index in [0.717, 1.165) is 16.8 Å². The zero-order valence-corrected chi connectivity index (χ0v) is 12.9. The highest BCUT2D eigenvalue weighted by Crippen LogP contribution is 2.40. The molecule has 0 saturated heterocycles. The molecule has 1 aliphatic carbocycles. The first-order valence-corrected chi connectivity index (χ1v) is 7.25. The molecule has 0 radical (unpaired) electrons. The molecule has 0 aliphatic heterocycles. The molecule has 1 saturated carbocycles. The fraction of sp³-hybridized carbons (Fsp3) is 0.571. The molecule has 5 N–H and O–H groups in total. The van der Waals surface area contributed by atoms with Crippen LogP contribution in [0.3, 0.4) is 0 Å². The summed E-state index contributed by atoms with van der Waals surface area (Å²) in [6, 6.07) is 2.02. The topological polar surface area (TPSA) is 171 Å². The van der Waals surface area contributed by atoms with Crippen LogP contribution in [0.2, 0.25) is 0 Å². The highest BCUT2D eigenvalue weighted by Gasteiger charge is 2.55. The van der Waals surface area contributed by atoms with Crippen molar-refractivity contribution < 1.29 is 19.7 Å². The number of carbonyl (C=O) groups is 1. The molecule has 1 aromatic rings. The second-order valence-corrected chi connectivity index (χ2v) is 5.83. The number of rotatable bonds is 4. The van der Waals surface area contributed by atoms with E-state index >= 15 is 0 Å². The number of nitrogens with one attached hydrogen (secondary N) is 1. The monoisotopic (exact) mass is 338 g/mol. The summed E-state index contributed by atoms with van der Waals surface area (Å²) in [4.78, 5) is 36.6. The molecule has 1 aromatic heterocycles. The number of nitriles is 1. The van der Waals surface area contributed by atoms with Gasteiger partial charge >= 0.3 is 11.7 Å². The third kappa shape index (κ3) is 2.96. The first-order chi connectivity index (χ1) is 11.2. The Morgan fingerprint density at radius 1 is 1.62 bits per heavy atom. The second kappa shape index (κ2) is 6.56. The lowest BCUT2D eigenvalue weighted by Gasteiger charge is -2.27. The van der Waals surface area contributed by atoms with Crippen LogP contribution in [0.1, 0.15) is 13.3 Å². The van der Waals surface area contributed by atoms with E-state index in [1.165, 1.54) is 6.92 Å². The average Bonchev–Trinajstić information content (AvgIpc) is 2.77. The number of aromatic nitrogens is 2. The van der Waals surface area contributed by atoms with Gasteiger partial charge in [-0.2, -0.15) is 5.26 Å². The number of ether oxygens (including phenoxy) is 1. The zero-order valence-electron chi connectivity index (χ0n) is 12.9. The molecule has 0 bridgehead atoms. The number of aromatic amines is 1. The number of aliphatic hydroxyl groups is 2. The maximum Gasteiger partial charge on any atom is 0.329 e. The fourth-order valence-corrected chi connectivity index (χ4v) is 2.80. The first-order valence-electron chi connectivity index (χ1n) is 7.25. The first kappa shape index (κ1) is 17.9. The maximum absolute atomic E-state index is 12.0. The highest BCUT2D eigenvalue weighted by molar-refractivity contribution is 5.74. The molecule has 0 spiro atoms. The maximum atomic E-state index is 12.0. The zero-order chi connectivity index (χ0) is 18.1. The normalized spacial score (nSPS) is 30.5. The minimum Gasteiger partial charge on any atom is -0.464 e. The summed E-state index contributed by atoms with van der Waals surface area (Å²) in [5.41, 5.74) is 2.05. The number of nitrogens with zero attached hydrogens (tertiary/aromatic N) is 2. The molecule has 0 aromatic carbocycles. The van der Waals surface area contributed by atoms with E-state index < -0.39 is 46.9 Å². The van der Waals surface area contributed by atoms with E-state index in [0.29, 0.717) is 0 Å². The Kier molecular flexibility index (Phi) is 4.88. The molecule has 1 fully saturated rings. The highest BCUT2D eigenvalue weighted by atomic mass is 16.5. The lowest BCUT2D eigenvalue weighted by molar-refractivity contribution is -0.147. The van der Waals surface area contributed by atoms with E-state index in [1.807, 2.05) is 11.1 Å². The standard InChI is InChI=1S/C14H18N4O6/c1-7(16)12(22)24-5-8-4-14(6-15,11(21)10(8)20)18-3-2-9(19)17-13(18)23/h2-3,7-8,10-11,20-21H,4-5,16H2,1H3,(H,17,19,23)/t7-,8-,10?,11?,14+/m1/s1. The van der Waals surface area contributed by atoms with E-state index in [-0.39, 0.29) is 13.0 Å². The largest absolute Gasteiger partial charge is 0.464 e. The summed E-state index contributed by atoms with van der Waals surface area (Å²) in [6.45, 7) is 1.17. The van der Waals surface area contributed by atoms with Gasteiger partial charge in [-0.3, -0.25) is 19.1 Å². The summed E-state index contributed by atoms with van der Waals surface area (Å²) < 4.78 is 5.81. The van der Waals surface area contributed by atoms with Crippen LogP contribution in [0.25, 0.3) is 0 Å². The lowest BCUT2D eigenvalue weighted by atomic mass is 9.95. The SMILES string of the molecule is C[C@@H](N)C(=O)OC[C@H]1C[C@@](C#N)(n2ccc(=O)[nH]c2=O)C(O)C1O. The van der Waals surface area contributed by atoms with Gasteiger partial charge in [-0.1, -0.05) is 0 Å². The molecular formula is C14H18N4O6. The van der Waals surface area contributed by atoms with E-state index in [4.69, 9.17) is 10.5 Å². The Balaban J connectivity index is 2.32. The molecule has 10 nitrogen and oxygen atoms in total.